The lowest BCUT2D eigenvalue weighted by atomic mass is 10.1. The van der Waals surface area contributed by atoms with Crippen LogP contribution in [-0.2, 0) is 0 Å². The van der Waals surface area contributed by atoms with Crippen LogP contribution in [0.4, 0.5) is 5.69 Å². The minimum absolute atomic E-state index is 0.301. The van der Waals surface area contributed by atoms with Crippen LogP contribution >= 0.6 is 0 Å². The highest BCUT2D eigenvalue weighted by Gasteiger charge is 2.13. The molecule has 14 heavy (non-hydrogen) atoms. The van der Waals surface area contributed by atoms with E-state index in [0.29, 0.717) is 11.3 Å². The molecule has 0 saturated heterocycles. The number of rotatable bonds is 1. The lowest BCUT2D eigenvalue weighted by molar-refractivity contribution is 0.477. The fraction of sp³-hybridized carbons (Fsp3) is 0.200. The molecule has 0 bridgehead atoms. The molecule has 0 spiro atoms. The van der Waals surface area contributed by atoms with Crippen molar-refractivity contribution in [1.29, 1.82) is 0 Å². The maximum Gasteiger partial charge on any atom is 0.305 e. The summed E-state index contributed by atoms with van der Waals surface area (Å²) in [6.45, 7) is 3.78. The highest BCUT2D eigenvalue weighted by atomic mass is 27.1. The van der Waals surface area contributed by atoms with Crippen LogP contribution in [0.2, 0.25) is 0 Å². The first-order valence-electron chi connectivity index (χ1n) is 4.32. The molecule has 70 valence electrons. The molecular weight excluding hydrogens is 193 g/mol. The van der Waals surface area contributed by atoms with E-state index in [4.69, 9.17) is 4.42 Å². The van der Waals surface area contributed by atoms with Gasteiger partial charge < -0.3 is 13.8 Å². The summed E-state index contributed by atoms with van der Waals surface area (Å²) >= 11 is 2.42. The van der Waals surface area contributed by atoms with Gasteiger partial charge in [-0.1, -0.05) is 0 Å². The SMILES string of the molecule is Cc1cc([NH][Al])c2occ(C)c2c1O. The van der Waals surface area contributed by atoms with Crippen molar-refractivity contribution in [2.45, 2.75) is 13.8 Å². The Morgan fingerprint density at radius 1 is 1.36 bits per heavy atom. The predicted octanol–water partition coefficient (Wildman–Crippen LogP) is 2.25. The van der Waals surface area contributed by atoms with Crippen LogP contribution in [0, 0.1) is 13.8 Å². The van der Waals surface area contributed by atoms with Gasteiger partial charge in [-0.15, -0.1) is 0 Å². The first kappa shape index (κ1) is 9.45. The normalized spacial score (nSPS) is 10.7. The first-order valence-corrected chi connectivity index (χ1v) is 4.90. The summed E-state index contributed by atoms with van der Waals surface area (Å²) in [5.41, 5.74) is 3.35. The van der Waals surface area contributed by atoms with Crippen molar-refractivity contribution < 1.29 is 9.52 Å². The number of hydrogen-bond acceptors (Lipinski definition) is 3. The Morgan fingerprint density at radius 2 is 2.07 bits per heavy atom. The Bertz CT molecular complexity index is 490. The Labute approximate surface area is 90.4 Å². The Kier molecular flexibility index (Phi) is 2.18. The van der Waals surface area contributed by atoms with Crippen molar-refractivity contribution in [3.05, 3.63) is 23.5 Å². The fourth-order valence-electron chi connectivity index (χ4n) is 1.59. The molecule has 1 aromatic carbocycles. The van der Waals surface area contributed by atoms with Crippen molar-refractivity contribution >= 4 is 33.2 Å². The number of phenols is 1. The molecule has 0 atom stereocenters. The van der Waals surface area contributed by atoms with Gasteiger partial charge in [0, 0.05) is 0 Å². The van der Waals surface area contributed by atoms with Crippen molar-refractivity contribution in [2.24, 2.45) is 0 Å². The van der Waals surface area contributed by atoms with Crippen molar-refractivity contribution in [1.82, 2.24) is 0 Å². The van der Waals surface area contributed by atoms with E-state index in [2.05, 4.69) is 20.8 Å². The average Bonchev–Trinajstić information content (AvgIpc) is 2.54. The van der Waals surface area contributed by atoms with Gasteiger partial charge in [0.1, 0.15) is 5.75 Å². The topological polar surface area (TPSA) is 45.4 Å². The minimum atomic E-state index is 0.301. The van der Waals surface area contributed by atoms with E-state index in [1.807, 2.05) is 19.9 Å². The molecule has 2 rings (SSSR count). The molecule has 4 heteroatoms. The van der Waals surface area contributed by atoms with E-state index in [9.17, 15) is 5.11 Å². The monoisotopic (exact) mass is 203 g/mol. The number of aromatic hydroxyl groups is 1. The average molecular weight is 203 g/mol. The number of benzene rings is 1. The zero-order valence-electron chi connectivity index (χ0n) is 8.09. The number of anilines is 1. The summed E-state index contributed by atoms with van der Waals surface area (Å²) in [7, 11) is 0. The summed E-state index contributed by atoms with van der Waals surface area (Å²) in [6.07, 6.45) is 1.65. The molecule has 0 amide bonds. The molecular formula is C10H10AlNO2. The molecule has 0 unspecified atom stereocenters. The van der Waals surface area contributed by atoms with E-state index in [1.165, 1.54) is 0 Å². The number of nitrogens with one attached hydrogen (secondary N) is 1. The molecule has 1 aromatic heterocycles. The quantitative estimate of drug-likeness (QED) is 0.552. The van der Waals surface area contributed by atoms with Crippen LogP contribution < -0.4 is 4.30 Å². The van der Waals surface area contributed by atoms with Gasteiger partial charge in [0.25, 0.3) is 0 Å². The lowest BCUT2D eigenvalue weighted by Crippen LogP contribution is -1.92. The summed E-state index contributed by atoms with van der Waals surface area (Å²) < 4.78 is 8.33. The summed E-state index contributed by atoms with van der Waals surface area (Å²) in [6, 6.07) is 1.85. The van der Waals surface area contributed by atoms with Crippen molar-refractivity contribution in [3.8, 4) is 5.75 Å². The fourth-order valence-corrected chi connectivity index (χ4v) is 1.81. The van der Waals surface area contributed by atoms with Crippen LogP contribution in [0.5, 0.6) is 5.75 Å². The number of hydrogen-bond donors (Lipinski definition) is 2. The van der Waals surface area contributed by atoms with E-state index >= 15 is 0 Å². The van der Waals surface area contributed by atoms with Gasteiger partial charge in [0.2, 0.25) is 0 Å². The first-order chi connectivity index (χ1) is 6.65. The molecule has 2 aromatic rings. The zero-order valence-corrected chi connectivity index (χ0v) is 9.24. The number of phenolic OH excluding ortho intramolecular Hbond substituents is 1. The number of aryl methyl sites for hydroxylation is 2. The van der Waals surface area contributed by atoms with E-state index in [1.54, 1.807) is 6.26 Å². The molecule has 0 aliphatic heterocycles. The lowest BCUT2D eigenvalue weighted by Gasteiger charge is -2.07. The third-order valence-electron chi connectivity index (χ3n) is 2.35. The van der Waals surface area contributed by atoms with Crippen LogP contribution in [0.1, 0.15) is 11.1 Å². The summed E-state index contributed by atoms with van der Waals surface area (Å²) in [4.78, 5) is 0. The van der Waals surface area contributed by atoms with Crippen molar-refractivity contribution in [2.75, 3.05) is 4.30 Å². The Balaban J connectivity index is 2.92. The Morgan fingerprint density at radius 3 is 2.71 bits per heavy atom. The molecule has 0 aliphatic rings. The molecule has 3 nitrogen and oxygen atoms in total. The van der Waals surface area contributed by atoms with Gasteiger partial charge in [-0.3, -0.25) is 0 Å². The maximum atomic E-state index is 9.85. The molecule has 1 heterocycles. The molecule has 0 aliphatic carbocycles. The van der Waals surface area contributed by atoms with Gasteiger partial charge in [0.05, 0.1) is 17.3 Å². The third-order valence-corrected chi connectivity index (χ3v) is 2.66. The van der Waals surface area contributed by atoms with Gasteiger partial charge in [-0.2, -0.15) is 0 Å². The van der Waals surface area contributed by atoms with E-state index < -0.39 is 0 Å². The number of fused-ring (bicyclic) bond motifs is 1. The summed E-state index contributed by atoms with van der Waals surface area (Å²) in [5, 5.41) is 10.6. The standard InChI is InChI=1S/C10H10NO2.Al/c1-5-3-7(11)10-8(9(5)12)6(2)4-13-10;/h3-4,11-12H,1-2H3;/q-1;+1. The smallest absolute Gasteiger partial charge is 0.305 e. The summed E-state index contributed by atoms with van der Waals surface area (Å²) in [5.74, 6) is 0.301. The zero-order chi connectivity index (χ0) is 10.3. The van der Waals surface area contributed by atoms with Gasteiger partial charge in [-0.05, 0) is 31.0 Å². The second-order valence-electron chi connectivity index (χ2n) is 3.36. The van der Waals surface area contributed by atoms with Gasteiger partial charge >= 0.3 is 16.5 Å². The third kappa shape index (κ3) is 1.19. The largest absolute Gasteiger partial charge is 0.507 e. The Hall–Kier alpha value is -1.11. The van der Waals surface area contributed by atoms with Crippen LogP contribution in [0.3, 0.4) is 0 Å². The van der Waals surface area contributed by atoms with Gasteiger partial charge in [0.15, 0.2) is 5.58 Å². The molecule has 0 saturated carbocycles. The van der Waals surface area contributed by atoms with Crippen molar-refractivity contribution in [3.63, 3.8) is 0 Å². The maximum absolute atomic E-state index is 9.85. The van der Waals surface area contributed by atoms with Crippen LogP contribution in [0.15, 0.2) is 16.7 Å². The van der Waals surface area contributed by atoms with Gasteiger partial charge in [-0.25, -0.2) is 0 Å². The second-order valence-corrected chi connectivity index (χ2v) is 3.65. The highest BCUT2D eigenvalue weighted by molar-refractivity contribution is 6.18. The molecule has 2 N–H and O–H groups in total. The predicted molar refractivity (Wildman–Crippen MR) is 56.7 cm³/mol. The van der Waals surface area contributed by atoms with E-state index in [-0.39, 0.29) is 0 Å². The molecule has 0 fully saturated rings. The van der Waals surface area contributed by atoms with E-state index in [0.717, 1.165) is 22.2 Å². The molecule has 2 radical (unpaired) electrons. The van der Waals surface area contributed by atoms with Crippen LogP contribution in [-0.4, -0.2) is 21.6 Å². The second kappa shape index (κ2) is 3.23. The van der Waals surface area contributed by atoms with Crippen LogP contribution in [0.25, 0.3) is 11.0 Å². The highest BCUT2D eigenvalue weighted by Crippen LogP contribution is 2.37. The minimum Gasteiger partial charge on any atom is -0.507 e. The number of furan rings is 1.